The fraction of sp³-hybridized carbons (Fsp3) is 0.333. The zero-order valence-electron chi connectivity index (χ0n) is 9.03. The number of ether oxygens (including phenoxy) is 1. The van der Waals surface area contributed by atoms with Crippen LogP contribution in [0.15, 0.2) is 28.7 Å². The van der Waals surface area contributed by atoms with Crippen molar-refractivity contribution in [3.63, 3.8) is 0 Å². The van der Waals surface area contributed by atoms with Gasteiger partial charge in [-0.3, -0.25) is 9.59 Å². The number of benzene rings is 1. The van der Waals surface area contributed by atoms with Crippen molar-refractivity contribution < 1.29 is 14.3 Å². The van der Waals surface area contributed by atoms with E-state index in [0.29, 0.717) is 12.2 Å². The van der Waals surface area contributed by atoms with Crippen molar-refractivity contribution in [3.8, 4) is 0 Å². The molecule has 0 spiro atoms. The quantitative estimate of drug-likeness (QED) is 0.617. The van der Waals surface area contributed by atoms with Gasteiger partial charge in [0.15, 0.2) is 5.78 Å². The molecule has 0 heterocycles. The number of ketones is 1. The number of hydrogen-bond donors (Lipinski definition) is 0. The van der Waals surface area contributed by atoms with Crippen LogP contribution in [0.25, 0.3) is 0 Å². The van der Waals surface area contributed by atoms with Gasteiger partial charge in [0.1, 0.15) is 0 Å². The van der Waals surface area contributed by atoms with Crippen molar-refractivity contribution in [1.29, 1.82) is 0 Å². The zero-order valence-corrected chi connectivity index (χ0v) is 10.6. The van der Waals surface area contributed by atoms with E-state index < -0.39 is 0 Å². The van der Waals surface area contributed by atoms with Gasteiger partial charge in [-0.15, -0.1) is 0 Å². The molecule has 16 heavy (non-hydrogen) atoms. The van der Waals surface area contributed by atoms with Crippen LogP contribution >= 0.6 is 15.9 Å². The summed E-state index contributed by atoms with van der Waals surface area (Å²) in [5.74, 6) is -0.386. The normalized spacial score (nSPS) is 9.88. The van der Waals surface area contributed by atoms with E-state index in [-0.39, 0.29) is 24.6 Å². The molecule has 1 rings (SSSR count). The molecule has 0 saturated heterocycles. The smallest absolute Gasteiger partial charge is 0.306 e. The molecule has 3 nitrogen and oxygen atoms in total. The third-order valence-corrected chi connectivity index (χ3v) is 2.73. The SMILES string of the molecule is CCOC(=O)CCC(=O)c1ccccc1Br. The lowest BCUT2D eigenvalue weighted by Gasteiger charge is -2.03. The zero-order chi connectivity index (χ0) is 12.0. The minimum Gasteiger partial charge on any atom is -0.466 e. The molecule has 0 aromatic heterocycles. The van der Waals surface area contributed by atoms with Crippen molar-refractivity contribution in [3.05, 3.63) is 34.3 Å². The van der Waals surface area contributed by atoms with Gasteiger partial charge in [0.25, 0.3) is 0 Å². The first kappa shape index (κ1) is 12.9. The van der Waals surface area contributed by atoms with Crippen LogP contribution in [0, 0.1) is 0 Å². The van der Waals surface area contributed by atoms with E-state index in [1.54, 1.807) is 25.1 Å². The second kappa shape index (κ2) is 6.43. The Kier molecular flexibility index (Phi) is 5.19. The van der Waals surface area contributed by atoms with Crippen LogP contribution in [0.1, 0.15) is 30.1 Å². The lowest BCUT2D eigenvalue weighted by Crippen LogP contribution is -2.08. The Morgan fingerprint density at radius 1 is 1.25 bits per heavy atom. The van der Waals surface area contributed by atoms with Crippen LogP contribution in [0.2, 0.25) is 0 Å². The summed E-state index contributed by atoms with van der Waals surface area (Å²) in [5, 5.41) is 0. The van der Waals surface area contributed by atoms with Crippen molar-refractivity contribution in [2.45, 2.75) is 19.8 Å². The van der Waals surface area contributed by atoms with E-state index in [4.69, 9.17) is 4.74 Å². The summed E-state index contributed by atoms with van der Waals surface area (Å²) >= 11 is 3.30. The number of carbonyl (C=O) groups is 2. The molecule has 0 fully saturated rings. The summed E-state index contributed by atoms with van der Waals surface area (Å²) in [4.78, 5) is 22.8. The van der Waals surface area contributed by atoms with E-state index in [9.17, 15) is 9.59 Å². The van der Waals surface area contributed by atoms with Crippen LogP contribution < -0.4 is 0 Å². The van der Waals surface area contributed by atoms with E-state index >= 15 is 0 Å². The van der Waals surface area contributed by atoms with Gasteiger partial charge < -0.3 is 4.74 Å². The molecule has 0 aliphatic rings. The summed E-state index contributed by atoms with van der Waals surface area (Å²) in [6.07, 6.45) is 0.315. The topological polar surface area (TPSA) is 43.4 Å². The van der Waals surface area contributed by atoms with Crippen LogP contribution in [0.3, 0.4) is 0 Å². The Balaban J connectivity index is 2.54. The van der Waals surface area contributed by atoms with Crippen molar-refractivity contribution in [1.82, 2.24) is 0 Å². The van der Waals surface area contributed by atoms with Crippen LogP contribution in [0.4, 0.5) is 0 Å². The standard InChI is InChI=1S/C12H13BrO3/c1-2-16-12(15)8-7-11(14)9-5-3-4-6-10(9)13/h3-6H,2,7-8H2,1H3. The van der Waals surface area contributed by atoms with E-state index in [1.165, 1.54) is 0 Å². The van der Waals surface area contributed by atoms with Gasteiger partial charge >= 0.3 is 5.97 Å². The monoisotopic (exact) mass is 284 g/mol. The molecule has 0 saturated carbocycles. The predicted molar refractivity (Wildman–Crippen MR) is 64.3 cm³/mol. The Bertz CT molecular complexity index is 388. The molecule has 0 atom stereocenters. The molecule has 0 unspecified atom stereocenters. The molecular weight excluding hydrogens is 272 g/mol. The lowest BCUT2D eigenvalue weighted by molar-refractivity contribution is -0.143. The second-order valence-corrected chi connectivity index (χ2v) is 4.06. The van der Waals surface area contributed by atoms with E-state index in [2.05, 4.69) is 15.9 Å². The minimum absolute atomic E-state index is 0.0551. The maximum atomic E-state index is 11.7. The third kappa shape index (κ3) is 3.77. The molecule has 4 heteroatoms. The number of carbonyl (C=O) groups excluding carboxylic acids is 2. The second-order valence-electron chi connectivity index (χ2n) is 3.21. The summed E-state index contributed by atoms with van der Waals surface area (Å²) in [5.41, 5.74) is 0.604. The number of hydrogen-bond acceptors (Lipinski definition) is 3. The fourth-order valence-electron chi connectivity index (χ4n) is 1.27. The maximum Gasteiger partial charge on any atom is 0.306 e. The van der Waals surface area contributed by atoms with Crippen LogP contribution in [-0.4, -0.2) is 18.4 Å². The molecule has 0 aliphatic carbocycles. The summed E-state index contributed by atoms with van der Waals surface area (Å²) in [6, 6.07) is 7.17. The van der Waals surface area contributed by atoms with E-state index in [1.807, 2.05) is 6.07 Å². The van der Waals surface area contributed by atoms with Crippen LogP contribution in [0.5, 0.6) is 0 Å². The molecule has 0 radical (unpaired) electrons. The molecule has 86 valence electrons. The number of halogens is 1. The molecule has 0 amide bonds. The molecule has 1 aromatic rings. The Hall–Kier alpha value is -1.16. The van der Waals surface area contributed by atoms with Crippen molar-refractivity contribution in [2.24, 2.45) is 0 Å². The fourth-order valence-corrected chi connectivity index (χ4v) is 1.78. The number of rotatable bonds is 5. The highest BCUT2D eigenvalue weighted by Gasteiger charge is 2.11. The van der Waals surface area contributed by atoms with Gasteiger partial charge in [0.05, 0.1) is 13.0 Å². The van der Waals surface area contributed by atoms with Gasteiger partial charge in [0, 0.05) is 16.5 Å². The summed E-state index contributed by atoms with van der Waals surface area (Å²) in [7, 11) is 0. The lowest BCUT2D eigenvalue weighted by atomic mass is 10.1. The minimum atomic E-state index is -0.331. The van der Waals surface area contributed by atoms with Crippen molar-refractivity contribution >= 4 is 27.7 Å². The molecule has 1 aromatic carbocycles. The van der Waals surface area contributed by atoms with Gasteiger partial charge in [-0.05, 0) is 13.0 Å². The van der Waals surface area contributed by atoms with Crippen LogP contribution in [-0.2, 0) is 9.53 Å². The summed E-state index contributed by atoms with van der Waals surface area (Å²) in [6.45, 7) is 2.09. The Morgan fingerprint density at radius 3 is 2.56 bits per heavy atom. The van der Waals surface area contributed by atoms with Crippen molar-refractivity contribution in [2.75, 3.05) is 6.61 Å². The van der Waals surface area contributed by atoms with Gasteiger partial charge in [0.2, 0.25) is 0 Å². The van der Waals surface area contributed by atoms with Gasteiger partial charge in [-0.25, -0.2) is 0 Å². The number of esters is 1. The molecular formula is C12H13BrO3. The van der Waals surface area contributed by atoms with Gasteiger partial charge in [-0.2, -0.15) is 0 Å². The average molecular weight is 285 g/mol. The third-order valence-electron chi connectivity index (χ3n) is 2.04. The largest absolute Gasteiger partial charge is 0.466 e. The highest BCUT2D eigenvalue weighted by atomic mass is 79.9. The molecule has 0 aliphatic heterocycles. The first-order chi connectivity index (χ1) is 7.65. The molecule has 0 bridgehead atoms. The number of Topliss-reactive ketones (excluding diaryl/α,β-unsaturated/α-hetero) is 1. The Morgan fingerprint density at radius 2 is 1.94 bits per heavy atom. The predicted octanol–water partition coefficient (Wildman–Crippen LogP) is 2.98. The average Bonchev–Trinajstić information content (AvgIpc) is 2.27. The maximum absolute atomic E-state index is 11.7. The van der Waals surface area contributed by atoms with E-state index in [0.717, 1.165) is 4.47 Å². The summed E-state index contributed by atoms with van der Waals surface area (Å²) < 4.78 is 5.51. The first-order valence-electron chi connectivity index (χ1n) is 5.08. The Labute approximate surface area is 103 Å². The first-order valence-corrected chi connectivity index (χ1v) is 5.87. The van der Waals surface area contributed by atoms with Gasteiger partial charge in [-0.1, -0.05) is 34.1 Å². The highest BCUT2D eigenvalue weighted by Crippen LogP contribution is 2.18. The highest BCUT2D eigenvalue weighted by molar-refractivity contribution is 9.10. The molecule has 0 N–H and O–H groups in total.